The third-order valence-corrected chi connectivity index (χ3v) is 1.66. The molecular formula is C8H12N2O3. The Labute approximate surface area is 75.2 Å². The lowest BCUT2D eigenvalue weighted by atomic mass is 10.1. The van der Waals surface area contributed by atoms with Crippen LogP contribution in [0.5, 0.6) is 0 Å². The maximum absolute atomic E-state index is 8.70. The molecule has 0 saturated carbocycles. The zero-order valence-corrected chi connectivity index (χ0v) is 6.94. The molecule has 0 spiro atoms. The number of nitrogens with two attached hydrogens (primary N) is 2. The van der Waals surface area contributed by atoms with Crippen molar-refractivity contribution in [2.75, 3.05) is 11.5 Å². The van der Waals surface area contributed by atoms with Gasteiger partial charge in [-0.3, -0.25) is 0 Å². The Hall–Kier alpha value is -1.30. The molecule has 0 fully saturated rings. The van der Waals surface area contributed by atoms with Gasteiger partial charge in [0.15, 0.2) is 0 Å². The highest BCUT2D eigenvalue weighted by atomic mass is 16.7. The average Bonchev–Trinajstić information content (AvgIpc) is 1.96. The van der Waals surface area contributed by atoms with Crippen LogP contribution in [-0.2, 0) is 6.42 Å². The van der Waals surface area contributed by atoms with Gasteiger partial charge < -0.3 is 26.8 Å². The molecule has 72 valence electrons. The summed E-state index contributed by atoms with van der Waals surface area (Å²) in [4.78, 5) is 0. The smallest absolute Gasteiger partial charge is 0.279 e. The lowest BCUT2D eigenvalue weighted by Gasteiger charge is -2.15. The van der Waals surface area contributed by atoms with Crippen molar-refractivity contribution in [1.82, 2.24) is 0 Å². The van der Waals surface area contributed by atoms with Crippen LogP contribution >= 0.6 is 0 Å². The van der Waals surface area contributed by atoms with Crippen molar-refractivity contribution in [3.8, 4) is 0 Å². The summed E-state index contributed by atoms with van der Waals surface area (Å²) < 4.78 is 0. The van der Waals surface area contributed by atoms with Gasteiger partial charge in [-0.1, -0.05) is 12.1 Å². The second kappa shape index (κ2) is 3.21. The largest absolute Gasteiger partial charge is 0.397 e. The molecule has 0 heterocycles. The first-order chi connectivity index (χ1) is 5.90. The van der Waals surface area contributed by atoms with E-state index in [1.54, 1.807) is 18.2 Å². The molecule has 1 aromatic carbocycles. The monoisotopic (exact) mass is 184 g/mol. The van der Waals surface area contributed by atoms with Gasteiger partial charge in [-0.05, 0) is 11.6 Å². The van der Waals surface area contributed by atoms with Crippen LogP contribution < -0.4 is 11.5 Å². The number of rotatable bonds is 2. The fourth-order valence-electron chi connectivity index (χ4n) is 1.04. The van der Waals surface area contributed by atoms with E-state index in [1.807, 2.05) is 0 Å². The lowest BCUT2D eigenvalue weighted by Crippen LogP contribution is -2.30. The molecule has 1 rings (SSSR count). The molecule has 0 radical (unpaired) electrons. The third-order valence-electron chi connectivity index (χ3n) is 1.66. The van der Waals surface area contributed by atoms with Crippen LogP contribution in [0, 0.1) is 0 Å². The molecule has 0 saturated heterocycles. The molecule has 1 aromatic rings. The Morgan fingerprint density at radius 2 is 1.77 bits per heavy atom. The van der Waals surface area contributed by atoms with Crippen molar-refractivity contribution >= 4 is 11.4 Å². The van der Waals surface area contributed by atoms with Crippen LogP contribution in [0.3, 0.4) is 0 Å². The van der Waals surface area contributed by atoms with E-state index < -0.39 is 5.97 Å². The maximum atomic E-state index is 8.70. The first-order valence-electron chi connectivity index (χ1n) is 3.70. The van der Waals surface area contributed by atoms with Crippen LogP contribution in [0.25, 0.3) is 0 Å². The predicted molar refractivity (Wildman–Crippen MR) is 48.4 cm³/mol. The van der Waals surface area contributed by atoms with Crippen LogP contribution in [-0.4, -0.2) is 21.3 Å². The van der Waals surface area contributed by atoms with Gasteiger partial charge in [-0.15, -0.1) is 0 Å². The molecule has 5 nitrogen and oxygen atoms in total. The first-order valence-corrected chi connectivity index (χ1v) is 3.70. The van der Waals surface area contributed by atoms with Gasteiger partial charge >= 0.3 is 0 Å². The number of benzene rings is 1. The molecule has 0 amide bonds. The van der Waals surface area contributed by atoms with E-state index >= 15 is 0 Å². The molecule has 0 atom stereocenters. The van der Waals surface area contributed by atoms with E-state index in [-0.39, 0.29) is 12.1 Å². The fraction of sp³-hybridized carbons (Fsp3) is 0.250. The van der Waals surface area contributed by atoms with E-state index in [0.717, 1.165) is 0 Å². The second-order valence-electron chi connectivity index (χ2n) is 2.87. The maximum Gasteiger partial charge on any atom is 0.279 e. The summed E-state index contributed by atoms with van der Waals surface area (Å²) in [5, 5.41) is 26.1. The minimum Gasteiger partial charge on any atom is -0.397 e. The lowest BCUT2D eigenvalue weighted by molar-refractivity contribution is -0.309. The molecule has 0 aliphatic rings. The van der Waals surface area contributed by atoms with Crippen LogP contribution in [0.15, 0.2) is 18.2 Å². The summed E-state index contributed by atoms with van der Waals surface area (Å²) in [5.41, 5.74) is 12.0. The van der Waals surface area contributed by atoms with Gasteiger partial charge in [-0.2, -0.15) is 0 Å². The first kappa shape index (κ1) is 9.79. The fourth-order valence-corrected chi connectivity index (χ4v) is 1.04. The van der Waals surface area contributed by atoms with Crippen molar-refractivity contribution in [1.29, 1.82) is 0 Å². The van der Waals surface area contributed by atoms with Gasteiger partial charge in [0, 0.05) is 0 Å². The zero-order valence-electron chi connectivity index (χ0n) is 6.94. The normalized spacial score (nSPS) is 11.6. The molecule has 0 aliphatic heterocycles. The van der Waals surface area contributed by atoms with Crippen LogP contribution in [0.1, 0.15) is 5.56 Å². The number of hydrogen-bond acceptors (Lipinski definition) is 5. The van der Waals surface area contributed by atoms with E-state index in [9.17, 15) is 0 Å². The van der Waals surface area contributed by atoms with Crippen molar-refractivity contribution in [2.24, 2.45) is 0 Å². The number of para-hydroxylation sites is 1. The van der Waals surface area contributed by atoms with Gasteiger partial charge in [0.25, 0.3) is 5.97 Å². The number of hydrogen-bond donors (Lipinski definition) is 5. The van der Waals surface area contributed by atoms with Gasteiger partial charge in [0.2, 0.25) is 0 Å². The highest BCUT2D eigenvalue weighted by molar-refractivity contribution is 5.67. The summed E-state index contributed by atoms with van der Waals surface area (Å²) in [6, 6.07) is 4.77. The molecular weight excluding hydrogens is 172 g/mol. The predicted octanol–water partition coefficient (Wildman–Crippen LogP) is -0.976. The Balaban J connectivity index is 2.96. The summed E-state index contributed by atoms with van der Waals surface area (Å²) in [6.07, 6.45) is -0.371. The summed E-state index contributed by atoms with van der Waals surface area (Å²) >= 11 is 0. The van der Waals surface area contributed by atoms with Crippen molar-refractivity contribution in [3.63, 3.8) is 0 Å². The Morgan fingerprint density at radius 1 is 1.15 bits per heavy atom. The number of aliphatic hydroxyl groups is 3. The molecule has 7 N–H and O–H groups in total. The summed E-state index contributed by atoms with van der Waals surface area (Å²) in [7, 11) is 0. The van der Waals surface area contributed by atoms with Gasteiger partial charge in [0.1, 0.15) is 0 Å². The molecule has 0 aromatic heterocycles. The van der Waals surface area contributed by atoms with E-state index in [0.29, 0.717) is 11.3 Å². The minimum absolute atomic E-state index is 0.254. The molecule has 0 unspecified atom stereocenters. The van der Waals surface area contributed by atoms with E-state index in [1.165, 1.54) is 0 Å². The molecule has 0 aliphatic carbocycles. The molecule has 5 heteroatoms. The van der Waals surface area contributed by atoms with E-state index in [4.69, 9.17) is 26.8 Å². The second-order valence-corrected chi connectivity index (χ2v) is 2.87. The number of nitrogen functional groups attached to an aromatic ring is 2. The van der Waals surface area contributed by atoms with Crippen molar-refractivity contribution < 1.29 is 15.3 Å². The zero-order chi connectivity index (χ0) is 10.1. The van der Waals surface area contributed by atoms with Crippen LogP contribution in [0.2, 0.25) is 0 Å². The standard InChI is InChI=1S/C8H12N2O3/c9-6-3-1-2-5(7(6)10)4-8(11,12)13/h1-3,11-13H,4,9-10H2. The SMILES string of the molecule is Nc1cccc(CC(O)(O)O)c1N. The van der Waals surface area contributed by atoms with Crippen molar-refractivity contribution in [2.45, 2.75) is 12.4 Å². The highest BCUT2D eigenvalue weighted by Gasteiger charge is 2.20. The Kier molecular flexibility index (Phi) is 2.42. The number of anilines is 2. The minimum atomic E-state index is -2.75. The molecule has 13 heavy (non-hydrogen) atoms. The summed E-state index contributed by atoms with van der Waals surface area (Å²) in [5.74, 6) is -2.75. The van der Waals surface area contributed by atoms with Gasteiger partial charge in [-0.25, -0.2) is 0 Å². The quantitative estimate of drug-likeness (QED) is 0.299. The summed E-state index contributed by atoms with van der Waals surface area (Å²) in [6.45, 7) is 0. The van der Waals surface area contributed by atoms with Crippen molar-refractivity contribution in [3.05, 3.63) is 23.8 Å². The van der Waals surface area contributed by atoms with Gasteiger partial charge in [0.05, 0.1) is 17.8 Å². The third kappa shape index (κ3) is 2.59. The topological polar surface area (TPSA) is 113 Å². The Morgan fingerprint density at radius 3 is 2.31 bits per heavy atom. The van der Waals surface area contributed by atoms with E-state index in [2.05, 4.69) is 0 Å². The molecule has 0 bridgehead atoms. The highest BCUT2D eigenvalue weighted by Crippen LogP contribution is 2.21. The van der Waals surface area contributed by atoms with Crippen LogP contribution in [0.4, 0.5) is 11.4 Å². The Bertz CT molecular complexity index is 307. The average molecular weight is 184 g/mol.